The number of sulfonamides is 1. The lowest BCUT2D eigenvalue weighted by Crippen LogP contribution is -2.47. The third kappa shape index (κ3) is 6.44. The average Bonchev–Trinajstić information content (AvgIpc) is 2.73. The van der Waals surface area contributed by atoms with Gasteiger partial charge in [0.05, 0.1) is 28.2 Å². The smallest absolute Gasteiger partial charge is 0.242 e. The second-order valence-corrected chi connectivity index (χ2v) is 9.60. The Labute approximate surface area is 196 Å². The Morgan fingerprint density at radius 1 is 1.09 bits per heavy atom. The van der Waals surface area contributed by atoms with Gasteiger partial charge in [0, 0.05) is 31.4 Å². The second kappa shape index (κ2) is 10.2. The number of anilines is 3. The maximum absolute atomic E-state index is 12.6. The molecule has 0 saturated carbocycles. The highest BCUT2D eigenvalue weighted by Gasteiger charge is 2.23. The molecule has 2 aromatic carbocycles. The monoisotopic (exact) mass is 493 g/mol. The molecule has 1 saturated heterocycles. The molecule has 0 aliphatic carbocycles. The molecule has 10 nitrogen and oxygen atoms in total. The van der Waals surface area contributed by atoms with Gasteiger partial charge in [-0.15, -0.1) is 0 Å². The molecule has 3 amide bonds. The van der Waals surface area contributed by atoms with Crippen molar-refractivity contribution in [3.05, 3.63) is 47.5 Å². The Morgan fingerprint density at radius 3 is 2.36 bits per heavy atom. The maximum Gasteiger partial charge on any atom is 0.242 e. The van der Waals surface area contributed by atoms with E-state index >= 15 is 0 Å². The van der Waals surface area contributed by atoms with Gasteiger partial charge in [-0.1, -0.05) is 11.6 Å². The number of piperazine rings is 1. The number of nitrogens with zero attached hydrogens (tertiary/aromatic N) is 1. The first-order valence-corrected chi connectivity index (χ1v) is 11.9. The first kappa shape index (κ1) is 24.5. The number of hydrogen-bond acceptors (Lipinski definition) is 6. The number of benzene rings is 2. The molecule has 0 bridgehead atoms. The predicted molar refractivity (Wildman–Crippen MR) is 126 cm³/mol. The first-order chi connectivity index (χ1) is 15.5. The lowest BCUT2D eigenvalue weighted by molar-refractivity contribution is -0.120. The van der Waals surface area contributed by atoms with Gasteiger partial charge < -0.3 is 20.9 Å². The fourth-order valence-corrected chi connectivity index (χ4v) is 4.71. The van der Waals surface area contributed by atoms with Crippen LogP contribution in [-0.2, 0) is 24.4 Å². The van der Waals surface area contributed by atoms with Crippen molar-refractivity contribution in [1.82, 2.24) is 10.0 Å². The van der Waals surface area contributed by atoms with Gasteiger partial charge in [0.1, 0.15) is 0 Å². The molecule has 176 valence electrons. The largest absolute Gasteiger partial charge is 0.359 e. The molecule has 1 aliphatic rings. The van der Waals surface area contributed by atoms with E-state index in [1.54, 1.807) is 18.2 Å². The van der Waals surface area contributed by atoms with Gasteiger partial charge in [-0.05, 0) is 49.4 Å². The number of halogens is 1. The molecule has 1 heterocycles. The predicted octanol–water partition coefficient (Wildman–Crippen LogP) is 1.54. The van der Waals surface area contributed by atoms with E-state index in [4.69, 9.17) is 11.6 Å². The molecule has 33 heavy (non-hydrogen) atoms. The zero-order valence-electron chi connectivity index (χ0n) is 18.0. The number of hydrogen-bond donors (Lipinski definition) is 4. The third-order valence-corrected chi connectivity index (χ3v) is 6.66. The lowest BCUT2D eigenvalue weighted by Gasteiger charge is -2.29. The molecule has 12 heteroatoms. The van der Waals surface area contributed by atoms with E-state index in [1.165, 1.54) is 38.1 Å². The van der Waals surface area contributed by atoms with Crippen LogP contribution >= 0.6 is 11.6 Å². The molecule has 1 fully saturated rings. The van der Waals surface area contributed by atoms with Crippen LogP contribution in [0.3, 0.4) is 0 Å². The highest BCUT2D eigenvalue weighted by molar-refractivity contribution is 7.89. The van der Waals surface area contributed by atoms with Crippen molar-refractivity contribution in [2.24, 2.45) is 0 Å². The number of carbonyl (C=O) groups excluding carboxylic acids is 3. The van der Waals surface area contributed by atoms with E-state index in [1.807, 2.05) is 4.90 Å². The van der Waals surface area contributed by atoms with Crippen molar-refractivity contribution < 1.29 is 22.8 Å². The van der Waals surface area contributed by atoms with Crippen molar-refractivity contribution in [3.63, 3.8) is 0 Å². The van der Waals surface area contributed by atoms with Crippen LogP contribution in [0.2, 0.25) is 5.02 Å². The van der Waals surface area contributed by atoms with Crippen molar-refractivity contribution in [3.8, 4) is 0 Å². The normalized spacial score (nSPS) is 14.9. The van der Waals surface area contributed by atoms with Gasteiger partial charge in [-0.25, -0.2) is 8.42 Å². The summed E-state index contributed by atoms with van der Waals surface area (Å²) in [5, 5.41) is 8.27. The van der Waals surface area contributed by atoms with Crippen LogP contribution in [0.4, 0.5) is 17.1 Å². The van der Waals surface area contributed by atoms with E-state index in [0.717, 1.165) is 0 Å². The van der Waals surface area contributed by atoms with Crippen molar-refractivity contribution in [2.45, 2.75) is 24.8 Å². The topological polar surface area (TPSA) is 137 Å². The summed E-state index contributed by atoms with van der Waals surface area (Å²) in [5.41, 5.74) is 1.51. The van der Waals surface area contributed by atoms with Crippen LogP contribution in [0, 0.1) is 0 Å². The highest BCUT2D eigenvalue weighted by atomic mass is 35.5. The lowest BCUT2D eigenvalue weighted by atomic mass is 10.2. The molecule has 1 aliphatic heterocycles. The minimum absolute atomic E-state index is 0.0470. The first-order valence-electron chi connectivity index (χ1n) is 10.1. The van der Waals surface area contributed by atoms with Gasteiger partial charge in [-0.2, -0.15) is 4.72 Å². The van der Waals surface area contributed by atoms with Gasteiger partial charge in [0.15, 0.2) is 0 Å². The van der Waals surface area contributed by atoms with E-state index < -0.39 is 22.0 Å². The Morgan fingerprint density at radius 2 is 1.76 bits per heavy atom. The summed E-state index contributed by atoms with van der Waals surface area (Å²) in [4.78, 5) is 37.0. The van der Waals surface area contributed by atoms with Gasteiger partial charge in [0.2, 0.25) is 27.7 Å². The summed E-state index contributed by atoms with van der Waals surface area (Å²) in [7, 11) is -3.97. The summed E-state index contributed by atoms with van der Waals surface area (Å²) >= 11 is 6.34. The fourth-order valence-electron chi connectivity index (χ4n) is 3.21. The molecule has 0 radical (unpaired) electrons. The molecule has 3 rings (SSSR count). The van der Waals surface area contributed by atoms with Gasteiger partial charge in [-0.3, -0.25) is 14.4 Å². The maximum atomic E-state index is 12.6. The van der Waals surface area contributed by atoms with Crippen LogP contribution in [0.15, 0.2) is 47.4 Å². The fraction of sp³-hybridized carbons (Fsp3) is 0.286. The molecule has 4 N–H and O–H groups in total. The summed E-state index contributed by atoms with van der Waals surface area (Å²) in [6.07, 6.45) is 0. The van der Waals surface area contributed by atoms with E-state index in [-0.39, 0.29) is 23.3 Å². The Balaban J connectivity index is 1.63. The summed E-state index contributed by atoms with van der Waals surface area (Å²) < 4.78 is 27.5. The Bertz CT molecular complexity index is 1170. The molecular weight excluding hydrogens is 470 g/mol. The molecular formula is C21H24ClN5O5S. The van der Waals surface area contributed by atoms with Gasteiger partial charge in [0.25, 0.3) is 0 Å². The van der Waals surface area contributed by atoms with Gasteiger partial charge >= 0.3 is 0 Å². The molecule has 2 aromatic rings. The zero-order valence-corrected chi connectivity index (χ0v) is 19.6. The molecule has 0 aromatic heterocycles. The molecule has 1 atom stereocenters. The molecule has 0 unspecified atom stereocenters. The minimum Gasteiger partial charge on any atom is -0.359 e. The minimum atomic E-state index is -3.97. The van der Waals surface area contributed by atoms with Crippen molar-refractivity contribution in [2.75, 3.05) is 35.2 Å². The average molecular weight is 494 g/mol. The van der Waals surface area contributed by atoms with Crippen molar-refractivity contribution in [1.29, 1.82) is 0 Å². The zero-order chi connectivity index (χ0) is 24.2. The number of amides is 3. The SMILES string of the molecule is CC(=O)Nc1ccc(S(=O)(=O)N[C@@H](C)C(=O)Nc2ccc(N3CCNC(=O)C3)c(Cl)c2)cc1. The van der Waals surface area contributed by atoms with Crippen molar-refractivity contribution >= 4 is 56.4 Å². The van der Waals surface area contributed by atoms with E-state index in [2.05, 4.69) is 20.7 Å². The summed E-state index contributed by atoms with van der Waals surface area (Å²) in [6.45, 7) is 4.08. The highest BCUT2D eigenvalue weighted by Crippen LogP contribution is 2.29. The van der Waals surface area contributed by atoms with Crippen LogP contribution in [-0.4, -0.2) is 51.8 Å². The van der Waals surface area contributed by atoms with Crippen LogP contribution in [0.5, 0.6) is 0 Å². The van der Waals surface area contributed by atoms with E-state index in [9.17, 15) is 22.8 Å². The quantitative estimate of drug-likeness (QED) is 0.462. The standard InChI is InChI=1S/C21H24ClN5O5S/c1-13(26-33(31,32)17-6-3-15(4-7-17)24-14(2)28)21(30)25-16-5-8-19(18(22)11-16)27-10-9-23-20(29)12-27/h3-8,11,13,26H,9-10,12H2,1-2H3,(H,23,29)(H,24,28)(H,25,30)/t13-/m0/s1. The second-order valence-electron chi connectivity index (χ2n) is 7.48. The summed E-state index contributed by atoms with van der Waals surface area (Å²) in [6, 6.07) is 9.37. The molecule has 0 spiro atoms. The van der Waals surface area contributed by atoms with Crippen LogP contribution < -0.4 is 25.6 Å². The van der Waals surface area contributed by atoms with E-state index in [0.29, 0.717) is 35.2 Å². The van der Waals surface area contributed by atoms with Crippen LogP contribution in [0.25, 0.3) is 0 Å². The number of nitrogens with one attached hydrogen (secondary N) is 4. The summed E-state index contributed by atoms with van der Waals surface area (Å²) in [5.74, 6) is -0.946. The number of carbonyl (C=O) groups is 3. The third-order valence-electron chi connectivity index (χ3n) is 4.80. The Kier molecular flexibility index (Phi) is 7.57. The Hall–Kier alpha value is -3.15. The van der Waals surface area contributed by atoms with Crippen LogP contribution in [0.1, 0.15) is 13.8 Å². The number of rotatable bonds is 7.